The average Bonchev–Trinajstić information content (AvgIpc) is 2.35. The predicted molar refractivity (Wildman–Crippen MR) is 69.2 cm³/mol. The standard InChI is InChI=1S/C12H18N4O2/c1-2-14-11-7-3-5-9(16-11)12(18)15-8-4-6-10(13)17/h3,5,7H,2,4,6,8H2,1H3,(H2,13,17)(H,14,16)(H,15,18). The molecular weight excluding hydrogens is 232 g/mol. The van der Waals surface area contributed by atoms with Gasteiger partial charge in [-0.2, -0.15) is 0 Å². The van der Waals surface area contributed by atoms with Crippen LogP contribution in [0.25, 0.3) is 0 Å². The first-order valence-corrected chi connectivity index (χ1v) is 5.91. The molecule has 1 rings (SSSR count). The van der Waals surface area contributed by atoms with Crippen LogP contribution in [0.4, 0.5) is 5.82 Å². The quantitative estimate of drug-likeness (QED) is 0.614. The van der Waals surface area contributed by atoms with Gasteiger partial charge in [0.2, 0.25) is 5.91 Å². The molecule has 98 valence electrons. The zero-order valence-corrected chi connectivity index (χ0v) is 10.4. The van der Waals surface area contributed by atoms with Crippen molar-refractivity contribution >= 4 is 17.6 Å². The van der Waals surface area contributed by atoms with Gasteiger partial charge < -0.3 is 16.4 Å². The smallest absolute Gasteiger partial charge is 0.269 e. The molecule has 4 N–H and O–H groups in total. The molecule has 1 aromatic heterocycles. The van der Waals surface area contributed by atoms with Gasteiger partial charge in [0.1, 0.15) is 11.5 Å². The Morgan fingerprint density at radius 2 is 2.17 bits per heavy atom. The number of aromatic nitrogens is 1. The first-order chi connectivity index (χ1) is 8.63. The molecule has 0 spiro atoms. The number of pyridine rings is 1. The van der Waals surface area contributed by atoms with Crippen molar-refractivity contribution in [2.75, 3.05) is 18.4 Å². The molecular formula is C12H18N4O2. The molecule has 1 heterocycles. The van der Waals surface area contributed by atoms with Gasteiger partial charge in [-0.15, -0.1) is 0 Å². The number of nitrogens with zero attached hydrogens (tertiary/aromatic N) is 1. The molecule has 0 bridgehead atoms. The third-order valence-corrected chi connectivity index (χ3v) is 2.23. The Bertz CT molecular complexity index is 420. The monoisotopic (exact) mass is 250 g/mol. The summed E-state index contributed by atoms with van der Waals surface area (Å²) in [5.41, 5.74) is 5.36. The van der Waals surface area contributed by atoms with E-state index in [0.717, 1.165) is 6.54 Å². The van der Waals surface area contributed by atoms with E-state index in [1.807, 2.05) is 6.92 Å². The zero-order chi connectivity index (χ0) is 13.4. The van der Waals surface area contributed by atoms with E-state index in [1.54, 1.807) is 18.2 Å². The molecule has 0 fully saturated rings. The molecule has 0 saturated carbocycles. The maximum Gasteiger partial charge on any atom is 0.269 e. The van der Waals surface area contributed by atoms with Crippen LogP contribution in [-0.2, 0) is 4.79 Å². The second kappa shape index (κ2) is 7.26. The number of rotatable bonds is 7. The van der Waals surface area contributed by atoms with E-state index < -0.39 is 0 Å². The van der Waals surface area contributed by atoms with E-state index in [1.165, 1.54) is 0 Å². The van der Waals surface area contributed by atoms with Gasteiger partial charge in [-0.25, -0.2) is 4.98 Å². The zero-order valence-electron chi connectivity index (χ0n) is 10.4. The third-order valence-electron chi connectivity index (χ3n) is 2.23. The highest BCUT2D eigenvalue weighted by molar-refractivity contribution is 5.92. The minimum atomic E-state index is -0.364. The van der Waals surface area contributed by atoms with E-state index >= 15 is 0 Å². The number of amides is 2. The van der Waals surface area contributed by atoms with Crippen LogP contribution in [0, 0.1) is 0 Å². The average molecular weight is 250 g/mol. The van der Waals surface area contributed by atoms with Crippen molar-refractivity contribution in [2.45, 2.75) is 19.8 Å². The highest BCUT2D eigenvalue weighted by atomic mass is 16.2. The van der Waals surface area contributed by atoms with Gasteiger partial charge in [-0.1, -0.05) is 6.07 Å². The molecule has 6 heteroatoms. The normalized spacial score (nSPS) is 9.83. The summed E-state index contributed by atoms with van der Waals surface area (Å²) in [6.45, 7) is 3.11. The second-order valence-electron chi connectivity index (χ2n) is 3.76. The van der Waals surface area contributed by atoms with Gasteiger partial charge in [-0.05, 0) is 25.5 Å². The Balaban J connectivity index is 2.45. The number of primary amides is 1. The molecule has 0 unspecified atom stereocenters. The molecule has 6 nitrogen and oxygen atoms in total. The predicted octanol–water partition coefficient (Wildman–Crippen LogP) is 0.509. The van der Waals surface area contributed by atoms with E-state index in [2.05, 4.69) is 15.6 Å². The molecule has 0 radical (unpaired) electrons. The largest absolute Gasteiger partial charge is 0.370 e. The maximum absolute atomic E-state index is 11.7. The Morgan fingerprint density at radius 3 is 2.83 bits per heavy atom. The summed E-state index contributed by atoms with van der Waals surface area (Å²) in [5.74, 6) is 0.0537. The van der Waals surface area contributed by atoms with Crippen molar-refractivity contribution in [3.8, 4) is 0 Å². The van der Waals surface area contributed by atoms with Crippen LogP contribution < -0.4 is 16.4 Å². The lowest BCUT2D eigenvalue weighted by atomic mass is 10.3. The number of carbonyl (C=O) groups excluding carboxylic acids is 2. The van der Waals surface area contributed by atoms with Gasteiger partial charge in [0.25, 0.3) is 5.91 Å². The van der Waals surface area contributed by atoms with Gasteiger partial charge in [0.05, 0.1) is 0 Å². The van der Waals surface area contributed by atoms with Crippen molar-refractivity contribution in [3.63, 3.8) is 0 Å². The van der Waals surface area contributed by atoms with Crippen LogP contribution >= 0.6 is 0 Å². The summed E-state index contributed by atoms with van der Waals surface area (Å²) in [6, 6.07) is 5.21. The van der Waals surface area contributed by atoms with E-state index in [-0.39, 0.29) is 18.2 Å². The summed E-state index contributed by atoms with van der Waals surface area (Å²) in [7, 11) is 0. The van der Waals surface area contributed by atoms with Gasteiger partial charge in [-0.3, -0.25) is 9.59 Å². The second-order valence-corrected chi connectivity index (χ2v) is 3.76. The highest BCUT2D eigenvalue weighted by Gasteiger charge is 2.07. The van der Waals surface area contributed by atoms with Crippen molar-refractivity contribution in [2.24, 2.45) is 5.73 Å². The molecule has 18 heavy (non-hydrogen) atoms. The minimum Gasteiger partial charge on any atom is -0.370 e. The summed E-state index contributed by atoms with van der Waals surface area (Å²) in [4.78, 5) is 26.4. The van der Waals surface area contributed by atoms with Crippen molar-refractivity contribution in [1.29, 1.82) is 0 Å². The molecule has 2 amide bonds. The SMILES string of the molecule is CCNc1cccc(C(=O)NCCCC(N)=O)n1. The Kier molecular flexibility index (Phi) is 5.63. The van der Waals surface area contributed by atoms with Crippen molar-refractivity contribution < 1.29 is 9.59 Å². The maximum atomic E-state index is 11.7. The molecule has 0 aliphatic heterocycles. The lowest BCUT2D eigenvalue weighted by Crippen LogP contribution is -2.26. The lowest BCUT2D eigenvalue weighted by molar-refractivity contribution is -0.118. The first kappa shape index (κ1) is 14.0. The highest BCUT2D eigenvalue weighted by Crippen LogP contribution is 2.04. The topological polar surface area (TPSA) is 97.1 Å². The summed E-state index contributed by atoms with van der Waals surface area (Å²) in [6.07, 6.45) is 0.805. The Morgan fingerprint density at radius 1 is 1.39 bits per heavy atom. The van der Waals surface area contributed by atoms with Crippen LogP contribution in [0.3, 0.4) is 0 Å². The molecule has 0 aromatic carbocycles. The number of hydrogen-bond acceptors (Lipinski definition) is 4. The van der Waals surface area contributed by atoms with Crippen LogP contribution in [0.15, 0.2) is 18.2 Å². The number of nitrogens with two attached hydrogens (primary N) is 1. The fourth-order valence-electron chi connectivity index (χ4n) is 1.40. The Hall–Kier alpha value is -2.11. The number of hydrogen-bond donors (Lipinski definition) is 3. The van der Waals surface area contributed by atoms with Crippen molar-refractivity contribution in [3.05, 3.63) is 23.9 Å². The van der Waals surface area contributed by atoms with Crippen LogP contribution in [-0.4, -0.2) is 29.9 Å². The molecule has 0 atom stereocenters. The number of carbonyl (C=O) groups is 2. The fourth-order valence-corrected chi connectivity index (χ4v) is 1.40. The van der Waals surface area contributed by atoms with Gasteiger partial charge in [0, 0.05) is 19.5 Å². The van der Waals surface area contributed by atoms with Crippen LogP contribution in [0.2, 0.25) is 0 Å². The van der Waals surface area contributed by atoms with E-state index in [9.17, 15) is 9.59 Å². The van der Waals surface area contributed by atoms with E-state index in [0.29, 0.717) is 24.5 Å². The minimum absolute atomic E-state index is 0.251. The van der Waals surface area contributed by atoms with E-state index in [4.69, 9.17) is 5.73 Å². The summed E-state index contributed by atoms with van der Waals surface area (Å²) < 4.78 is 0. The number of nitrogens with one attached hydrogen (secondary N) is 2. The van der Waals surface area contributed by atoms with Gasteiger partial charge >= 0.3 is 0 Å². The third kappa shape index (κ3) is 4.82. The fraction of sp³-hybridized carbons (Fsp3) is 0.417. The molecule has 0 aliphatic carbocycles. The summed E-state index contributed by atoms with van der Waals surface area (Å²) >= 11 is 0. The van der Waals surface area contributed by atoms with Crippen LogP contribution in [0.5, 0.6) is 0 Å². The lowest BCUT2D eigenvalue weighted by Gasteiger charge is -2.06. The Labute approximate surface area is 106 Å². The molecule has 0 saturated heterocycles. The first-order valence-electron chi connectivity index (χ1n) is 5.91. The molecule has 1 aromatic rings. The van der Waals surface area contributed by atoms with Crippen LogP contribution in [0.1, 0.15) is 30.3 Å². The van der Waals surface area contributed by atoms with Gasteiger partial charge in [0.15, 0.2) is 0 Å². The van der Waals surface area contributed by atoms with Crippen molar-refractivity contribution in [1.82, 2.24) is 10.3 Å². The number of anilines is 1. The molecule has 0 aliphatic rings. The summed E-state index contributed by atoms with van der Waals surface area (Å²) in [5, 5.41) is 5.72.